The van der Waals surface area contributed by atoms with Gasteiger partial charge in [-0.25, -0.2) is 9.36 Å². The number of nitriles is 1. The predicted octanol–water partition coefficient (Wildman–Crippen LogP) is 1.05. The van der Waals surface area contributed by atoms with Crippen LogP contribution in [0.1, 0.15) is 36.2 Å². The molecule has 134 valence electrons. The van der Waals surface area contributed by atoms with Gasteiger partial charge in [0.1, 0.15) is 18.2 Å². The quantitative estimate of drug-likeness (QED) is 0.823. The summed E-state index contributed by atoms with van der Waals surface area (Å²) >= 11 is 0. The number of carbonyl (C=O) groups excluding carboxylic acids is 1. The molecule has 2 aromatic rings. The lowest BCUT2D eigenvalue weighted by Crippen LogP contribution is -2.45. The number of likely N-dealkylation sites (N-methyl/N-ethyl adjacent to an activating group) is 1. The highest BCUT2D eigenvalue weighted by molar-refractivity contribution is 5.76. The molecule has 0 saturated heterocycles. The molecule has 1 aromatic heterocycles. The Kier molecular flexibility index (Phi) is 4.76. The number of hydrogen-bond donors (Lipinski definition) is 0. The van der Waals surface area contributed by atoms with Crippen LogP contribution in [0.5, 0.6) is 0 Å². The lowest BCUT2D eigenvalue weighted by atomic mass is 10.1. The van der Waals surface area contributed by atoms with E-state index in [1.807, 2.05) is 43.3 Å². The molecule has 0 aliphatic carbocycles. The molecule has 1 aliphatic rings. The fraction of sp³-hybridized carbons (Fsp3) is 0.368. The maximum Gasteiger partial charge on any atom is 0.331 e. The second-order valence-corrected chi connectivity index (χ2v) is 6.45. The molecule has 3 rings (SSSR count). The van der Waals surface area contributed by atoms with Crippen LogP contribution in [0.25, 0.3) is 0 Å². The van der Waals surface area contributed by atoms with Gasteiger partial charge < -0.3 is 4.90 Å². The SMILES string of the molecule is C[C@H](c1ccccc1)N(C)C(=O)Cn1c(=O)c(C#N)c2n(c1=O)CCC2. The largest absolute Gasteiger partial charge is 0.337 e. The van der Waals surface area contributed by atoms with Crippen LogP contribution in [-0.2, 0) is 24.3 Å². The molecule has 26 heavy (non-hydrogen) atoms. The van der Waals surface area contributed by atoms with E-state index in [4.69, 9.17) is 0 Å². The summed E-state index contributed by atoms with van der Waals surface area (Å²) in [5, 5.41) is 9.30. The van der Waals surface area contributed by atoms with Crippen molar-refractivity contribution in [1.29, 1.82) is 5.26 Å². The average molecular weight is 352 g/mol. The molecular weight excluding hydrogens is 332 g/mol. The third-order valence-electron chi connectivity index (χ3n) is 4.99. The summed E-state index contributed by atoms with van der Waals surface area (Å²) in [6, 6.07) is 11.2. The van der Waals surface area contributed by atoms with Gasteiger partial charge in [0.05, 0.1) is 6.04 Å². The van der Waals surface area contributed by atoms with E-state index < -0.39 is 11.2 Å². The van der Waals surface area contributed by atoms with Crippen LogP contribution >= 0.6 is 0 Å². The Morgan fingerprint density at radius 1 is 1.31 bits per heavy atom. The lowest BCUT2D eigenvalue weighted by Gasteiger charge is -2.25. The van der Waals surface area contributed by atoms with Crippen molar-refractivity contribution >= 4 is 5.91 Å². The second kappa shape index (κ2) is 7.00. The Balaban J connectivity index is 1.92. The average Bonchev–Trinajstić information content (AvgIpc) is 3.14. The number of benzene rings is 1. The molecule has 0 spiro atoms. The number of amides is 1. The maximum absolute atomic E-state index is 12.7. The first kappa shape index (κ1) is 17.7. The molecule has 0 saturated carbocycles. The molecule has 0 N–H and O–H groups in total. The van der Waals surface area contributed by atoms with Gasteiger partial charge >= 0.3 is 5.69 Å². The van der Waals surface area contributed by atoms with Crippen LogP contribution in [0.2, 0.25) is 0 Å². The summed E-state index contributed by atoms with van der Waals surface area (Å²) in [6.45, 7) is 1.97. The first-order valence-corrected chi connectivity index (χ1v) is 8.53. The summed E-state index contributed by atoms with van der Waals surface area (Å²) in [4.78, 5) is 39.3. The Morgan fingerprint density at radius 2 is 2.00 bits per heavy atom. The first-order chi connectivity index (χ1) is 12.5. The topological polar surface area (TPSA) is 88.1 Å². The zero-order chi connectivity index (χ0) is 18.8. The minimum absolute atomic E-state index is 0.0336. The van der Waals surface area contributed by atoms with Crippen molar-refractivity contribution in [2.45, 2.75) is 38.9 Å². The van der Waals surface area contributed by atoms with Crippen LogP contribution in [-0.4, -0.2) is 27.0 Å². The molecule has 7 heteroatoms. The van der Waals surface area contributed by atoms with Gasteiger partial charge in [-0.2, -0.15) is 5.26 Å². The molecule has 0 fully saturated rings. The van der Waals surface area contributed by atoms with Crippen LogP contribution < -0.4 is 11.2 Å². The smallest absolute Gasteiger partial charge is 0.331 e. The van der Waals surface area contributed by atoms with Crippen molar-refractivity contribution in [3.05, 3.63) is 68.0 Å². The molecule has 7 nitrogen and oxygen atoms in total. The van der Waals surface area contributed by atoms with Gasteiger partial charge in [-0.15, -0.1) is 0 Å². The highest BCUT2D eigenvalue weighted by Crippen LogP contribution is 2.18. The van der Waals surface area contributed by atoms with Crippen molar-refractivity contribution in [3.63, 3.8) is 0 Å². The van der Waals surface area contributed by atoms with E-state index in [2.05, 4.69) is 0 Å². The van der Waals surface area contributed by atoms with E-state index in [-0.39, 0.29) is 24.1 Å². The van der Waals surface area contributed by atoms with E-state index >= 15 is 0 Å². The molecule has 0 radical (unpaired) electrons. The van der Waals surface area contributed by atoms with Crippen molar-refractivity contribution in [3.8, 4) is 6.07 Å². The van der Waals surface area contributed by atoms with Gasteiger partial charge in [0.15, 0.2) is 0 Å². The van der Waals surface area contributed by atoms with E-state index in [1.54, 1.807) is 7.05 Å². The first-order valence-electron chi connectivity index (χ1n) is 8.53. The third kappa shape index (κ3) is 2.94. The molecular formula is C19H20N4O3. The normalized spacial score (nSPS) is 13.7. The number of carbonyl (C=O) groups is 1. The molecule has 1 amide bonds. The monoisotopic (exact) mass is 352 g/mol. The van der Waals surface area contributed by atoms with Gasteiger partial charge in [0.25, 0.3) is 5.56 Å². The van der Waals surface area contributed by atoms with Crippen molar-refractivity contribution in [1.82, 2.24) is 14.0 Å². The fourth-order valence-corrected chi connectivity index (χ4v) is 3.31. The zero-order valence-electron chi connectivity index (χ0n) is 14.8. The molecule has 0 unspecified atom stereocenters. The maximum atomic E-state index is 12.7. The summed E-state index contributed by atoms with van der Waals surface area (Å²) in [5.41, 5.74) is 0.209. The van der Waals surface area contributed by atoms with Crippen molar-refractivity contribution < 1.29 is 4.79 Å². The summed E-state index contributed by atoms with van der Waals surface area (Å²) in [6.07, 6.45) is 1.25. The van der Waals surface area contributed by atoms with Crippen LogP contribution in [0, 0.1) is 11.3 Å². The second-order valence-electron chi connectivity index (χ2n) is 6.45. The minimum atomic E-state index is -0.681. The Bertz CT molecular complexity index is 998. The van der Waals surface area contributed by atoms with Gasteiger partial charge in [0.2, 0.25) is 5.91 Å². The van der Waals surface area contributed by atoms with Gasteiger partial charge in [-0.05, 0) is 25.3 Å². The fourth-order valence-electron chi connectivity index (χ4n) is 3.31. The number of aromatic nitrogens is 2. The van der Waals surface area contributed by atoms with Gasteiger partial charge in [-0.1, -0.05) is 30.3 Å². The molecule has 1 atom stereocenters. The Labute approximate surface area is 150 Å². The molecule has 1 aromatic carbocycles. The van der Waals surface area contributed by atoms with Crippen LogP contribution in [0.15, 0.2) is 39.9 Å². The van der Waals surface area contributed by atoms with E-state index in [1.165, 1.54) is 9.47 Å². The van der Waals surface area contributed by atoms with E-state index in [0.717, 1.165) is 10.1 Å². The zero-order valence-corrected chi connectivity index (χ0v) is 14.8. The van der Waals surface area contributed by atoms with Crippen molar-refractivity contribution in [2.75, 3.05) is 7.05 Å². The minimum Gasteiger partial charge on any atom is -0.337 e. The number of fused-ring (bicyclic) bond motifs is 1. The number of rotatable bonds is 4. The van der Waals surface area contributed by atoms with E-state index in [9.17, 15) is 19.6 Å². The third-order valence-corrected chi connectivity index (χ3v) is 4.99. The van der Waals surface area contributed by atoms with Crippen molar-refractivity contribution in [2.24, 2.45) is 0 Å². The standard InChI is InChI=1S/C19H20N4O3/c1-13(14-7-4-3-5-8-14)21(2)17(24)12-23-18(25)15(11-20)16-9-6-10-22(16)19(23)26/h3-5,7-8,13H,6,9-10,12H2,1-2H3/t13-/m1/s1. The van der Waals surface area contributed by atoms with Gasteiger partial charge in [0, 0.05) is 19.3 Å². The predicted molar refractivity (Wildman–Crippen MR) is 95.6 cm³/mol. The van der Waals surface area contributed by atoms with Crippen LogP contribution in [0.3, 0.4) is 0 Å². The summed E-state index contributed by atoms with van der Waals surface area (Å²) in [7, 11) is 1.64. The Hall–Kier alpha value is -3.14. The molecule has 1 aliphatic heterocycles. The highest BCUT2D eigenvalue weighted by atomic mass is 16.2. The number of nitrogens with zero attached hydrogens (tertiary/aromatic N) is 4. The summed E-state index contributed by atoms with van der Waals surface area (Å²) in [5.74, 6) is -0.358. The highest BCUT2D eigenvalue weighted by Gasteiger charge is 2.25. The summed E-state index contributed by atoms with van der Waals surface area (Å²) < 4.78 is 2.32. The molecule has 2 heterocycles. The Morgan fingerprint density at radius 3 is 2.65 bits per heavy atom. The van der Waals surface area contributed by atoms with E-state index in [0.29, 0.717) is 25.1 Å². The lowest BCUT2D eigenvalue weighted by molar-refractivity contribution is -0.132. The number of hydrogen-bond acceptors (Lipinski definition) is 4. The molecule has 0 bridgehead atoms. The van der Waals surface area contributed by atoms with Gasteiger partial charge in [-0.3, -0.25) is 14.2 Å². The van der Waals surface area contributed by atoms with Crippen LogP contribution in [0.4, 0.5) is 0 Å².